The van der Waals surface area contributed by atoms with Gasteiger partial charge in [0.05, 0.1) is 12.5 Å². The molecule has 0 unspecified atom stereocenters. The van der Waals surface area contributed by atoms with Crippen LogP contribution in [-0.2, 0) is 19.1 Å². The fourth-order valence-corrected chi connectivity index (χ4v) is 2.06. The first-order chi connectivity index (χ1) is 9.15. The summed E-state index contributed by atoms with van der Waals surface area (Å²) in [6, 6.07) is -0.834. The van der Waals surface area contributed by atoms with E-state index in [-0.39, 0.29) is 19.6 Å². The second-order valence-corrected chi connectivity index (χ2v) is 5.74. The molecule has 0 saturated carbocycles. The Labute approximate surface area is 118 Å². The van der Waals surface area contributed by atoms with Gasteiger partial charge in [-0.15, -0.1) is 0 Å². The van der Waals surface area contributed by atoms with E-state index in [4.69, 9.17) is 15.2 Å². The molecule has 7 nitrogen and oxygen atoms in total. The molecule has 1 aliphatic rings. The number of esters is 1. The highest BCUT2D eigenvalue weighted by molar-refractivity contribution is 5.87. The second kappa shape index (κ2) is 6.11. The Balaban J connectivity index is 2.80. The molecular formula is C13H22N2O5. The van der Waals surface area contributed by atoms with E-state index in [0.29, 0.717) is 0 Å². The van der Waals surface area contributed by atoms with Crippen LogP contribution in [0.4, 0.5) is 4.79 Å². The minimum Gasteiger partial charge on any atom is -0.466 e. The largest absolute Gasteiger partial charge is 0.466 e. The van der Waals surface area contributed by atoms with Crippen molar-refractivity contribution in [3.63, 3.8) is 0 Å². The first kappa shape index (κ1) is 16.3. The Morgan fingerprint density at radius 3 is 2.35 bits per heavy atom. The zero-order chi connectivity index (χ0) is 15.5. The molecule has 0 spiro atoms. The van der Waals surface area contributed by atoms with Gasteiger partial charge in [0.15, 0.2) is 0 Å². The summed E-state index contributed by atoms with van der Waals surface area (Å²) in [5, 5.41) is 0. The molecule has 0 bridgehead atoms. The summed E-state index contributed by atoms with van der Waals surface area (Å²) >= 11 is 0. The van der Waals surface area contributed by atoms with Crippen molar-refractivity contribution in [1.29, 1.82) is 0 Å². The summed E-state index contributed by atoms with van der Waals surface area (Å²) in [7, 11) is 0. The molecule has 0 radical (unpaired) electrons. The molecule has 2 atom stereocenters. The van der Waals surface area contributed by atoms with Crippen LogP contribution in [0.25, 0.3) is 0 Å². The van der Waals surface area contributed by atoms with Crippen LogP contribution in [0.1, 0.15) is 34.1 Å². The summed E-state index contributed by atoms with van der Waals surface area (Å²) < 4.78 is 10.1. The maximum atomic E-state index is 12.0. The van der Waals surface area contributed by atoms with Crippen molar-refractivity contribution >= 4 is 18.0 Å². The van der Waals surface area contributed by atoms with Crippen LogP contribution in [0, 0.1) is 5.92 Å². The van der Waals surface area contributed by atoms with Crippen molar-refractivity contribution in [3.05, 3.63) is 0 Å². The van der Waals surface area contributed by atoms with Crippen LogP contribution in [0.2, 0.25) is 0 Å². The van der Waals surface area contributed by atoms with Crippen LogP contribution in [0.5, 0.6) is 0 Å². The van der Waals surface area contributed by atoms with Gasteiger partial charge in [-0.25, -0.2) is 4.79 Å². The minimum absolute atomic E-state index is 0.0847. The quantitative estimate of drug-likeness (QED) is 0.768. The molecule has 0 aromatic rings. The first-order valence-corrected chi connectivity index (χ1v) is 6.61. The lowest BCUT2D eigenvalue weighted by atomic mass is 10.1. The van der Waals surface area contributed by atoms with Gasteiger partial charge in [0, 0.05) is 6.54 Å². The highest BCUT2D eigenvalue weighted by atomic mass is 16.6. The highest BCUT2D eigenvalue weighted by Crippen LogP contribution is 2.26. The SMILES string of the molecule is CCOC(=O)[C@@H]1C[C@@H](C(N)=O)N(C(=O)OC(C)(C)C)C1. The molecule has 0 aliphatic carbocycles. The van der Waals surface area contributed by atoms with Gasteiger partial charge >= 0.3 is 12.1 Å². The molecule has 20 heavy (non-hydrogen) atoms. The summed E-state index contributed by atoms with van der Waals surface area (Å²) in [6.45, 7) is 7.21. The molecule has 1 fully saturated rings. The normalized spacial score (nSPS) is 22.5. The van der Waals surface area contributed by atoms with Gasteiger partial charge in [0.1, 0.15) is 11.6 Å². The molecular weight excluding hydrogens is 264 g/mol. The third-order valence-electron chi connectivity index (χ3n) is 2.88. The minimum atomic E-state index is -0.834. The topological polar surface area (TPSA) is 98.9 Å². The average molecular weight is 286 g/mol. The monoisotopic (exact) mass is 286 g/mol. The summed E-state index contributed by atoms with van der Waals surface area (Å²) in [4.78, 5) is 36.4. The number of primary amides is 1. The number of rotatable bonds is 3. The van der Waals surface area contributed by atoms with E-state index in [1.807, 2.05) is 0 Å². The van der Waals surface area contributed by atoms with E-state index in [9.17, 15) is 14.4 Å². The molecule has 2 amide bonds. The predicted octanol–water partition coefficient (Wildman–Crippen LogP) is 0.660. The Kier molecular flexibility index (Phi) is 4.97. The molecule has 1 saturated heterocycles. The first-order valence-electron chi connectivity index (χ1n) is 6.61. The number of carbonyl (C=O) groups is 3. The number of likely N-dealkylation sites (tertiary alicyclic amines) is 1. The van der Waals surface area contributed by atoms with Crippen molar-refractivity contribution in [1.82, 2.24) is 4.90 Å². The Bertz CT molecular complexity index is 402. The van der Waals surface area contributed by atoms with Gasteiger partial charge in [-0.2, -0.15) is 0 Å². The number of ether oxygens (including phenoxy) is 2. The molecule has 0 aromatic heterocycles. The van der Waals surface area contributed by atoms with E-state index in [1.54, 1.807) is 27.7 Å². The molecule has 1 heterocycles. The van der Waals surface area contributed by atoms with E-state index >= 15 is 0 Å². The third kappa shape index (κ3) is 4.11. The van der Waals surface area contributed by atoms with Gasteiger partial charge in [-0.3, -0.25) is 14.5 Å². The fourth-order valence-electron chi connectivity index (χ4n) is 2.06. The standard InChI is InChI=1S/C13H22N2O5/c1-5-19-11(17)8-6-9(10(14)16)15(7-8)12(18)20-13(2,3)4/h8-9H,5-7H2,1-4H3,(H2,14,16)/t8-,9+/m1/s1. The van der Waals surface area contributed by atoms with Crippen molar-refractivity contribution in [2.24, 2.45) is 11.7 Å². The Morgan fingerprint density at radius 2 is 1.90 bits per heavy atom. The number of nitrogens with two attached hydrogens (primary N) is 1. The molecule has 2 N–H and O–H groups in total. The second-order valence-electron chi connectivity index (χ2n) is 5.74. The lowest BCUT2D eigenvalue weighted by Crippen LogP contribution is -2.45. The summed E-state index contributed by atoms with van der Waals surface area (Å²) in [6.07, 6.45) is -0.471. The van der Waals surface area contributed by atoms with E-state index in [1.165, 1.54) is 4.90 Å². The van der Waals surface area contributed by atoms with Crippen LogP contribution < -0.4 is 5.73 Å². The number of amides is 2. The van der Waals surface area contributed by atoms with Crippen molar-refractivity contribution in [3.8, 4) is 0 Å². The third-order valence-corrected chi connectivity index (χ3v) is 2.88. The lowest BCUT2D eigenvalue weighted by Gasteiger charge is -2.27. The van der Waals surface area contributed by atoms with Crippen LogP contribution in [-0.4, -0.2) is 47.7 Å². The molecule has 1 rings (SSSR count). The van der Waals surface area contributed by atoms with Gasteiger partial charge in [0.2, 0.25) is 5.91 Å². The molecule has 1 aliphatic heterocycles. The summed E-state index contributed by atoms with van der Waals surface area (Å²) in [5.74, 6) is -1.62. The van der Waals surface area contributed by atoms with E-state index < -0.39 is 35.5 Å². The van der Waals surface area contributed by atoms with Crippen molar-refractivity contribution in [2.75, 3.05) is 13.2 Å². The maximum absolute atomic E-state index is 12.0. The number of hydrogen-bond donors (Lipinski definition) is 1. The van der Waals surface area contributed by atoms with Crippen LogP contribution in [0.15, 0.2) is 0 Å². The Morgan fingerprint density at radius 1 is 1.30 bits per heavy atom. The Hall–Kier alpha value is -1.79. The number of hydrogen-bond acceptors (Lipinski definition) is 5. The van der Waals surface area contributed by atoms with Crippen LogP contribution >= 0.6 is 0 Å². The van der Waals surface area contributed by atoms with Crippen LogP contribution in [0.3, 0.4) is 0 Å². The van der Waals surface area contributed by atoms with Crippen molar-refractivity contribution < 1.29 is 23.9 Å². The van der Waals surface area contributed by atoms with Gasteiger partial charge in [-0.05, 0) is 34.1 Å². The highest BCUT2D eigenvalue weighted by Gasteiger charge is 2.43. The smallest absolute Gasteiger partial charge is 0.410 e. The zero-order valence-electron chi connectivity index (χ0n) is 12.3. The summed E-state index contributed by atoms with van der Waals surface area (Å²) in [5.41, 5.74) is 4.61. The molecule has 7 heteroatoms. The predicted molar refractivity (Wildman–Crippen MR) is 70.7 cm³/mol. The lowest BCUT2D eigenvalue weighted by molar-refractivity contribution is -0.147. The van der Waals surface area contributed by atoms with Gasteiger partial charge < -0.3 is 15.2 Å². The van der Waals surface area contributed by atoms with E-state index in [2.05, 4.69) is 0 Å². The number of nitrogens with zero attached hydrogens (tertiary/aromatic N) is 1. The van der Waals surface area contributed by atoms with Gasteiger partial charge in [0.25, 0.3) is 0 Å². The maximum Gasteiger partial charge on any atom is 0.410 e. The fraction of sp³-hybridized carbons (Fsp3) is 0.769. The van der Waals surface area contributed by atoms with Crippen molar-refractivity contribution in [2.45, 2.75) is 45.8 Å². The number of carbonyl (C=O) groups excluding carboxylic acids is 3. The van der Waals surface area contributed by atoms with E-state index in [0.717, 1.165) is 0 Å². The average Bonchev–Trinajstić information content (AvgIpc) is 2.71. The molecule has 114 valence electrons. The van der Waals surface area contributed by atoms with Gasteiger partial charge in [-0.1, -0.05) is 0 Å². The molecule has 0 aromatic carbocycles. The zero-order valence-corrected chi connectivity index (χ0v) is 12.3.